The van der Waals surface area contributed by atoms with Gasteiger partial charge in [-0.1, -0.05) is 37.3 Å². The van der Waals surface area contributed by atoms with E-state index in [1.807, 2.05) is 37.3 Å². The number of rotatable bonds is 2. The summed E-state index contributed by atoms with van der Waals surface area (Å²) in [6.45, 7) is 4.14. The summed E-state index contributed by atoms with van der Waals surface area (Å²) in [5.74, 6) is 0.186. The molecule has 1 aromatic rings. The highest BCUT2D eigenvalue weighted by molar-refractivity contribution is 5.92. The van der Waals surface area contributed by atoms with Crippen molar-refractivity contribution in [3.63, 3.8) is 0 Å². The number of benzene rings is 1. The van der Waals surface area contributed by atoms with Crippen molar-refractivity contribution < 1.29 is 14.3 Å². The largest absolute Gasteiger partial charge is 0.444 e. The molecule has 1 aliphatic heterocycles. The third-order valence-electron chi connectivity index (χ3n) is 3.71. The first-order valence-electron chi connectivity index (χ1n) is 6.62. The van der Waals surface area contributed by atoms with Crippen LogP contribution in [0.3, 0.4) is 0 Å². The van der Waals surface area contributed by atoms with E-state index in [9.17, 15) is 9.59 Å². The lowest BCUT2D eigenvalue weighted by Crippen LogP contribution is -2.49. The number of carbonyl (C=O) groups is 2. The molecule has 0 aromatic heterocycles. The number of piperidine rings is 1. The van der Waals surface area contributed by atoms with Crippen molar-refractivity contribution in [3.8, 4) is 0 Å². The van der Waals surface area contributed by atoms with E-state index in [0.29, 0.717) is 12.3 Å². The first kappa shape index (κ1) is 13.6. The van der Waals surface area contributed by atoms with Gasteiger partial charge in [-0.25, -0.2) is 9.69 Å². The maximum Gasteiger partial charge on any atom is 0.417 e. The SMILES string of the molecule is CC1CCC(=O)N(C(=O)OCc2ccccc2)C1C. The predicted octanol–water partition coefficient (Wildman–Crippen LogP) is 2.97. The topological polar surface area (TPSA) is 46.6 Å². The van der Waals surface area contributed by atoms with Gasteiger partial charge in [0.15, 0.2) is 0 Å². The van der Waals surface area contributed by atoms with E-state index in [0.717, 1.165) is 12.0 Å². The number of amides is 2. The van der Waals surface area contributed by atoms with Gasteiger partial charge in [0, 0.05) is 12.5 Å². The molecule has 0 spiro atoms. The molecule has 1 aliphatic rings. The van der Waals surface area contributed by atoms with Crippen LogP contribution in [0.1, 0.15) is 32.3 Å². The number of hydrogen-bond donors (Lipinski definition) is 0. The fourth-order valence-corrected chi connectivity index (χ4v) is 2.25. The molecule has 1 fully saturated rings. The smallest absolute Gasteiger partial charge is 0.417 e. The van der Waals surface area contributed by atoms with E-state index in [1.165, 1.54) is 4.90 Å². The fourth-order valence-electron chi connectivity index (χ4n) is 2.25. The molecule has 0 aliphatic carbocycles. The third-order valence-corrected chi connectivity index (χ3v) is 3.71. The first-order valence-corrected chi connectivity index (χ1v) is 6.62. The van der Waals surface area contributed by atoms with Crippen LogP contribution in [0.15, 0.2) is 30.3 Å². The molecule has 2 amide bonds. The van der Waals surface area contributed by atoms with Gasteiger partial charge < -0.3 is 4.74 Å². The Labute approximate surface area is 113 Å². The van der Waals surface area contributed by atoms with Crippen LogP contribution in [0, 0.1) is 5.92 Å². The Kier molecular flexibility index (Phi) is 4.20. The number of imide groups is 1. The minimum absolute atomic E-state index is 0.0930. The molecule has 102 valence electrons. The second kappa shape index (κ2) is 5.87. The lowest BCUT2D eigenvalue weighted by Gasteiger charge is -2.35. The van der Waals surface area contributed by atoms with Gasteiger partial charge in [-0.05, 0) is 24.8 Å². The number of ether oxygens (including phenoxy) is 1. The molecule has 1 heterocycles. The molecule has 1 saturated heterocycles. The number of likely N-dealkylation sites (tertiary alicyclic amines) is 1. The van der Waals surface area contributed by atoms with Crippen molar-refractivity contribution in [2.75, 3.05) is 0 Å². The van der Waals surface area contributed by atoms with Gasteiger partial charge in [-0.2, -0.15) is 0 Å². The van der Waals surface area contributed by atoms with Crippen molar-refractivity contribution in [2.45, 2.75) is 39.3 Å². The van der Waals surface area contributed by atoms with E-state index in [-0.39, 0.29) is 18.6 Å². The van der Waals surface area contributed by atoms with Crippen LogP contribution in [0.4, 0.5) is 4.79 Å². The van der Waals surface area contributed by atoms with E-state index in [2.05, 4.69) is 6.92 Å². The molecular formula is C15H19NO3. The van der Waals surface area contributed by atoms with E-state index in [4.69, 9.17) is 4.74 Å². The monoisotopic (exact) mass is 261 g/mol. The fraction of sp³-hybridized carbons (Fsp3) is 0.467. The summed E-state index contributed by atoms with van der Waals surface area (Å²) in [7, 11) is 0. The average molecular weight is 261 g/mol. The quantitative estimate of drug-likeness (QED) is 0.822. The molecule has 2 unspecified atom stereocenters. The summed E-state index contributed by atoms with van der Waals surface area (Å²) in [6, 6.07) is 9.36. The highest BCUT2D eigenvalue weighted by atomic mass is 16.6. The van der Waals surface area contributed by atoms with Crippen molar-refractivity contribution in [1.82, 2.24) is 4.90 Å². The number of nitrogens with zero attached hydrogens (tertiary/aromatic N) is 1. The van der Waals surface area contributed by atoms with Crippen LogP contribution in [0.5, 0.6) is 0 Å². The van der Waals surface area contributed by atoms with Crippen molar-refractivity contribution in [1.29, 1.82) is 0 Å². The van der Waals surface area contributed by atoms with Gasteiger partial charge in [0.25, 0.3) is 0 Å². The van der Waals surface area contributed by atoms with E-state index < -0.39 is 6.09 Å². The van der Waals surface area contributed by atoms with Gasteiger partial charge in [0.2, 0.25) is 5.91 Å². The normalized spacial score (nSPS) is 23.3. The van der Waals surface area contributed by atoms with Crippen LogP contribution in [0.2, 0.25) is 0 Å². The van der Waals surface area contributed by atoms with Gasteiger partial charge in [-0.3, -0.25) is 4.79 Å². The molecule has 2 rings (SSSR count). The van der Waals surface area contributed by atoms with E-state index in [1.54, 1.807) is 0 Å². The van der Waals surface area contributed by atoms with Gasteiger partial charge >= 0.3 is 6.09 Å². The molecule has 19 heavy (non-hydrogen) atoms. The molecule has 1 aromatic carbocycles. The molecule has 0 radical (unpaired) electrons. The standard InChI is InChI=1S/C15H19NO3/c1-11-8-9-14(17)16(12(11)2)15(18)19-10-13-6-4-3-5-7-13/h3-7,11-12H,8-10H2,1-2H3. The van der Waals surface area contributed by atoms with Crippen LogP contribution >= 0.6 is 0 Å². The lowest BCUT2D eigenvalue weighted by atomic mass is 9.92. The molecule has 4 heteroatoms. The number of hydrogen-bond acceptors (Lipinski definition) is 3. The summed E-state index contributed by atoms with van der Waals surface area (Å²) in [4.78, 5) is 25.1. The van der Waals surface area contributed by atoms with Crippen LogP contribution in [0.25, 0.3) is 0 Å². The highest BCUT2D eigenvalue weighted by Crippen LogP contribution is 2.24. The average Bonchev–Trinajstić information content (AvgIpc) is 2.42. The second-order valence-electron chi connectivity index (χ2n) is 5.06. The minimum atomic E-state index is -0.534. The molecule has 0 saturated carbocycles. The Morgan fingerprint density at radius 1 is 1.32 bits per heavy atom. The van der Waals surface area contributed by atoms with Crippen molar-refractivity contribution in [2.24, 2.45) is 5.92 Å². The molecule has 2 atom stereocenters. The summed E-state index contributed by atoms with van der Waals surface area (Å²) < 4.78 is 5.22. The van der Waals surface area contributed by atoms with Crippen molar-refractivity contribution in [3.05, 3.63) is 35.9 Å². The van der Waals surface area contributed by atoms with Crippen LogP contribution in [-0.2, 0) is 16.1 Å². The maximum atomic E-state index is 12.0. The Morgan fingerprint density at radius 3 is 2.68 bits per heavy atom. The Bertz CT molecular complexity index is 458. The molecular weight excluding hydrogens is 242 g/mol. The Morgan fingerprint density at radius 2 is 2.00 bits per heavy atom. The minimum Gasteiger partial charge on any atom is -0.444 e. The zero-order valence-corrected chi connectivity index (χ0v) is 11.3. The third kappa shape index (κ3) is 3.13. The summed E-state index contributed by atoms with van der Waals surface area (Å²) in [5, 5.41) is 0. The summed E-state index contributed by atoms with van der Waals surface area (Å²) in [5.41, 5.74) is 0.918. The Hall–Kier alpha value is -1.84. The molecule has 0 N–H and O–H groups in total. The highest BCUT2D eigenvalue weighted by Gasteiger charge is 2.35. The predicted molar refractivity (Wildman–Crippen MR) is 71.3 cm³/mol. The van der Waals surface area contributed by atoms with Gasteiger partial charge in [0.05, 0.1) is 0 Å². The van der Waals surface area contributed by atoms with Gasteiger partial charge in [-0.15, -0.1) is 0 Å². The Balaban J connectivity index is 1.97. The molecule has 4 nitrogen and oxygen atoms in total. The van der Waals surface area contributed by atoms with Crippen LogP contribution < -0.4 is 0 Å². The zero-order valence-electron chi connectivity index (χ0n) is 11.3. The summed E-state index contributed by atoms with van der Waals surface area (Å²) in [6.07, 6.45) is 0.724. The van der Waals surface area contributed by atoms with Gasteiger partial charge in [0.1, 0.15) is 6.61 Å². The summed E-state index contributed by atoms with van der Waals surface area (Å²) >= 11 is 0. The lowest BCUT2D eigenvalue weighted by molar-refractivity contribution is -0.135. The number of carbonyl (C=O) groups excluding carboxylic acids is 2. The first-order chi connectivity index (χ1) is 9.09. The zero-order chi connectivity index (χ0) is 13.8. The molecule has 0 bridgehead atoms. The van der Waals surface area contributed by atoms with Crippen LogP contribution in [-0.4, -0.2) is 22.9 Å². The van der Waals surface area contributed by atoms with E-state index >= 15 is 0 Å². The second-order valence-corrected chi connectivity index (χ2v) is 5.06. The van der Waals surface area contributed by atoms with Crippen molar-refractivity contribution >= 4 is 12.0 Å². The maximum absolute atomic E-state index is 12.0.